The van der Waals surface area contributed by atoms with Crippen LogP contribution in [0.5, 0.6) is 0 Å². The molecule has 0 aliphatic rings. The first-order valence-corrected chi connectivity index (χ1v) is 10.9. The molecular weight excluding hydrogens is 304 g/mol. The van der Waals surface area contributed by atoms with Gasteiger partial charge < -0.3 is 5.11 Å². The Labute approximate surface area is 157 Å². The Morgan fingerprint density at radius 2 is 1.48 bits per heavy atom. The van der Waals surface area contributed by atoms with Crippen molar-refractivity contribution < 1.29 is 5.11 Å². The first-order chi connectivity index (χ1) is 12.2. The number of hydrogen-bond donors (Lipinski definition) is 1. The molecule has 0 saturated carbocycles. The monoisotopic (exact) mass is 346 g/mol. The standard InChI is InChI=1S/C24H42O/c1-4-6-8-11-22-13-15-23(16-14-22)17-18-24(20-21(3)5-2)12-9-7-10-19-25/h13-16,21,24-25H,4-12,17-20H2,1-3H3. The summed E-state index contributed by atoms with van der Waals surface area (Å²) in [5.41, 5.74) is 3.00. The normalized spacial score (nSPS) is 13.8. The highest BCUT2D eigenvalue weighted by atomic mass is 16.2. The first kappa shape index (κ1) is 22.2. The average molecular weight is 347 g/mol. The minimum Gasteiger partial charge on any atom is -0.396 e. The summed E-state index contributed by atoms with van der Waals surface area (Å²) in [6, 6.07) is 9.40. The van der Waals surface area contributed by atoms with E-state index in [-0.39, 0.29) is 0 Å². The number of unbranched alkanes of at least 4 members (excludes halogenated alkanes) is 4. The minimum atomic E-state index is 0.348. The molecule has 1 heteroatoms. The van der Waals surface area contributed by atoms with Crippen molar-refractivity contribution in [3.63, 3.8) is 0 Å². The number of aliphatic hydroxyl groups excluding tert-OH is 1. The Balaban J connectivity index is 2.42. The zero-order valence-corrected chi connectivity index (χ0v) is 17.1. The number of benzene rings is 1. The minimum absolute atomic E-state index is 0.348. The van der Waals surface area contributed by atoms with Crippen LogP contribution in [-0.4, -0.2) is 11.7 Å². The van der Waals surface area contributed by atoms with Crippen LogP contribution in [-0.2, 0) is 12.8 Å². The van der Waals surface area contributed by atoms with E-state index in [9.17, 15) is 0 Å². The van der Waals surface area contributed by atoms with Crippen molar-refractivity contribution in [1.29, 1.82) is 0 Å². The number of aliphatic hydroxyl groups is 1. The number of rotatable bonds is 15. The lowest BCUT2D eigenvalue weighted by molar-refractivity contribution is 0.276. The second-order valence-corrected chi connectivity index (χ2v) is 8.00. The molecular formula is C24H42O. The molecule has 0 saturated heterocycles. The predicted molar refractivity (Wildman–Crippen MR) is 111 cm³/mol. The van der Waals surface area contributed by atoms with E-state index < -0.39 is 0 Å². The summed E-state index contributed by atoms with van der Waals surface area (Å²) in [5.74, 6) is 1.68. The van der Waals surface area contributed by atoms with E-state index in [0.717, 1.165) is 18.3 Å². The fourth-order valence-electron chi connectivity index (χ4n) is 3.66. The van der Waals surface area contributed by atoms with Crippen molar-refractivity contribution in [3.05, 3.63) is 35.4 Å². The molecule has 0 radical (unpaired) electrons. The third-order valence-electron chi connectivity index (χ3n) is 5.64. The van der Waals surface area contributed by atoms with Gasteiger partial charge in [-0.1, -0.05) is 83.6 Å². The molecule has 0 spiro atoms. The van der Waals surface area contributed by atoms with Crippen LogP contribution in [0.4, 0.5) is 0 Å². The lowest BCUT2D eigenvalue weighted by Gasteiger charge is -2.20. The van der Waals surface area contributed by atoms with E-state index >= 15 is 0 Å². The fraction of sp³-hybridized carbons (Fsp3) is 0.750. The molecule has 0 bridgehead atoms. The van der Waals surface area contributed by atoms with Crippen LogP contribution >= 0.6 is 0 Å². The van der Waals surface area contributed by atoms with Crippen molar-refractivity contribution >= 4 is 0 Å². The molecule has 0 heterocycles. The van der Waals surface area contributed by atoms with E-state index in [1.54, 1.807) is 0 Å². The molecule has 1 N–H and O–H groups in total. The Kier molecular flexibility index (Phi) is 12.8. The third kappa shape index (κ3) is 10.7. The molecule has 0 fully saturated rings. The zero-order valence-electron chi connectivity index (χ0n) is 17.1. The van der Waals surface area contributed by atoms with Crippen LogP contribution in [0.15, 0.2) is 24.3 Å². The Morgan fingerprint density at radius 1 is 0.800 bits per heavy atom. The van der Waals surface area contributed by atoms with Gasteiger partial charge in [-0.05, 0) is 61.5 Å². The SMILES string of the molecule is CCCCCc1ccc(CCC(CCCCCO)CC(C)CC)cc1. The van der Waals surface area contributed by atoms with E-state index in [1.807, 2.05) is 0 Å². The molecule has 1 rings (SSSR count). The molecule has 1 aromatic carbocycles. The van der Waals surface area contributed by atoms with Crippen LogP contribution in [0, 0.1) is 11.8 Å². The smallest absolute Gasteiger partial charge is 0.0431 e. The summed E-state index contributed by atoms with van der Waals surface area (Å²) in [6.07, 6.45) is 15.1. The highest BCUT2D eigenvalue weighted by Crippen LogP contribution is 2.25. The van der Waals surface area contributed by atoms with Gasteiger partial charge in [0.1, 0.15) is 0 Å². The molecule has 144 valence electrons. The van der Waals surface area contributed by atoms with E-state index in [0.29, 0.717) is 6.61 Å². The largest absolute Gasteiger partial charge is 0.396 e. The van der Waals surface area contributed by atoms with Crippen molar-refractivity contribution in [1.82, 2.24) is 0 Å². The number of hydrogen-bond acceptors (Lipinski definition) is 1. The molecule has 0 aliphatic heterocycles. The molecule has 2 atom stereocenters. The maximum Gasteiger partial charge on any atom is 0.0431 e. The lowest BCUT2D eigenvalue weighted by atomic mass is 9.85. The number of aryl methyl sites for hydroxylation is 2. The van der Waals surface area contributed by atoms with Crippen molar-refractivity contribution in [2.75, 3.05) is 6.61 Å². The van der Waals surface area contributed by atoms with E-state index in [4.69, 9.17) is 5.11 Å². The van der Waals surface area contributed by atoms with Gasteiger partial charge in [-0.25, -0.2) is 0 Å². The lowest BCUT2D eigenvalue weighted by Crippen LogP contribution is -2.08. The van der Waals surface area contributed by atoms with Gasteiger partial charge in [0, 0.05) is 6.61 Å². The van der Waals surface area contributed by atoms with E-state index in [2.05, 4.69) is 45.0 Å². The van der Waals surface area contributed by atoms with Gasteiger partial charge in [-0.3, -0.25) is 0 Å². The van der Waals surface area contributed by atoms with Gasteiger partial charge in [0.05, 0.1) is 0 Å². The molecule has 2 unspecified atom stereocenters. The van der Waals surface area contributed by atoms with Crippen molar-refractivity contribution in [2.45, 2.75) is 97.8 Å². The van der Waals surface area contributed by atoms with Gasteiger partial charge in [0.15, 0.2) is 0 Å². The van der Waals surface area contributed by atoms with Crippen LogP contribution in [0.3, 0.4) is 0 Å². The van der Waals surface area contributed by atoms with E-state index in [1.165, 1.54) is 81.8 Å². The third-order valence-corrected chi connectivity index (χ3v) is 5.64. The van der Waals surface area contributed by atoms with Gasteiger partial charge in [-0.15, -0.1) is 0 Å². The van der Waals surface area contributed by atoms with Crippen LogP contribution < -0.4 is 0 Å². The molecule has 1 nitrogen and oxygen atoms in total. The van der Waals surface area contributed by atoms with Crippen molar-refractivity contribution in [3.8, 4) is 0 Å². The topological polar surface area (TPSA) is 20.2 Å². The Morgan fingerprint density at radius 3 is 2.08 bits per heavy atom. The Hall–Kier alpha value is -0.820. The zero-order chi connectivity index (χ0) is 18.3. The summed E-state index contributed by atoms with van der Waals surface area (Å²) in [6.45, 7) is 7.32. The molecule has 25 heavy (non-hydrogen) atoms. The first-order valence-electron chi connectivity index (χ1n) is 10.9. The predicted octanol–water partition coefficient (Wildman–Crippen LogP) is 6.96. The average Bonchev–Trinajstić information content (AvgIpc) is 2.64. The fourth-order valence-corrected chi connectivity index (χ4v) is 3.66. The molecule has 0 amide bonds. The Bertz CT molecular complexity index is 409. The summed E-state index contributed by atoms with van der Waals surface area (Å²) in [4.78, 5) is 0. The van der Waals surface area contributed by atoms with Crippen molar-refractivity contribution in [2.24, 2.45) is 11.8 Å². The highest BCUT2D eigenvalue weighted by molar-refractivity contribution is 5.22. The maximum atomic E-state index is 8.96. The van der Waals surface area contributed by atoms with Gasteiger partial charge in [-0.2, -0.15) is 0 Å². The summed E-state index contributed by atoms with van der Waals surface area (Å²) in [7, 11) is 0. The quantitative estimate of drug-likeness (QED) is 0.340. The van der Waals surface area contributed by atoms with Crippen LogP contribution in [0.25, 0.3) is 0 Å². The second-order valence-electron chi connectivity index (χ2n) is 8.00. The molecule has 0 aromatic heterocycles. The van der Waals surface area contributed by atoms with Gasteiger partial charge in [0.25, 0.3) is 0 Å². The van der Waals surface area contributed by atoms with Crippen LogP contribution in [0.1, 0.15) is 96.1 Å². The summed E-state index contributed by atoms with van der Waals surface area (Å²) >= 11 is 0. The summed E-state index contributed by atoms with van der Waals surface area (Å²) in [5, 5.41) is 8.96. The van der Waals surface area contributed by atoms with Gasteiger partial charge in [0.2, 0.25) is 0 Å². The highest BCUT2D eigenvalue weighted by Gasteiger charge is 2.12. The second kappa shape index (κ2) is 14.4. The molecule has 0 aliphatic carbocycles. The van der Waals surface area contributed by atoms with Crippen LogP contribution in [0.2, 0.25) is 0 Å². The maximum absolute atomic E-state index is 8.96. The van der Waals surface area contributed by atoms with Gasteiger partial charge >= 0.3 is 0 Å². The molecule has 1 aromatic rings. The summed E-state index contributed by atoms with van der Waals surface area (Å²) < 4.78 is 0.